The van der Waals surface area contributed by atoms with Gasteiger partial charge in [-0.25, -0.2) is 0 Å². The summed E-state index contributed by atoms with van der Waals surface area (Å²) in [5, 5.41) is 2.76. The molecule has 1 aromatic heterocycles. The van der Waals surface area contributed by atoms with E-state index in [1.54, 1.807) is 19.4 Å². The van der Waals surface area contributed by atoms with Crippen molar-refractivity contribution in [1.29, 1.82) is 0 Å². The highest BCUT2D eigenvalue weighted by molar-refractivity contribution is 5.87. The molecule has 0 radical (unpaired) electrons. The molecule has 2 heterocycles. The number of aromatic nitrogens is 1. The lowest BCUT2D eigenvalue weighted by atomic mass is 9.89. The van der Waals surface area contributed by atoms with E-state index in [0.717, 1.165) is 29.5 Å². The molecule has 2 aromatic rings. The van der Waals surface area contributed by atoms with Crippen molar-refractivity contribution < 1.29 is 14.3 Å². The van der Waals surface area contributed by atoms with Gasteiger partial charge in [0, 0.05) is 38.8 Å². The highest BCUT2D eigenvalue weighted by Gasteiger charge is 2.44. The summed E-state index contributed by atoms with van der Waals surface area (Å²) in [6.07, 6.45) is 9.25. The summed E-state index contributed by atoms with van der Waals surface area (Å²) >= 11 is 0. The lowest BCUT2D eigenvalue weighted by Gasteiger charge is -2.41. The van der Waals surface area contributed by atoms with Gasteiger partial charge in [-0.2, -0.15) is 0 Å². The molecule has 0 bridgehead atoms. The number of hydrogen-bond donors (Lipinski definition) is 1. The smallest absolute Gasteiger partial charge is 0.254 e. The van der Waals surface area contributed by atoms with Crippen molar-refractivity contribution >= 4 is 11.8 Å². The van der Waals surface area contributed by atoms with E-state index >= 15 is 0 Å². The number of amides is 2. The second kappa shape index (κ2) is 9.60. The Balaban J connectivity index is 1.54. The summed E-state index contributed by atoms with van der Waals surface area (Å²) in [6.45, 7) is 1.20. The third-order valence-electron chi connectivity index (χ3n) is 6.55. The van der Waals surface area contributed by atoms with Gasteiger partial charge < -0.3 is 15.0 Å². The Kier molecular flexibility index (Phi) is 6.66. The molecule has 1 saturated heterocycles. The molecule has 2 aliphatic rings. The van der Waals surface area contributed by atoms with Crippen molar-refractivity contribution in [3.63, 3.8) is 0 Å². The van der Waals surface area contributed by atoms with Gasteiger partial charge in [0.05, 0.1) is 13.2 Å². The maximum Gasteiger partial charge on any atom is 0.254 e. The van der Waals surface area contributed by atoms with Crippen LogP contribution in [0, 0.1) is 5.92 Å². The molecule has 1 saturated carbocycles. The number of carbonyl (C=O) groups excluding carboxylic acids is 2. The SMILES string of the molecule is CNC(=O)[C@@]1(Cc2cccc(-c3ccncc3)c2)CN(C(=O)CC2CCCC2)CCO1. The zero-order valence-electron chi connectivity index (χ0n) is 18.2. The molecule has 31 heavy (non-hydrogen) atoms. The van der Waals surface area contributed by atoms with Gasteiger partial charge in [0.1, 0.15) is 0 Å². The Labute approximate surface area is 184 Å². The van der Waals surface area contributed by atoms with E-state index < -0.39 is 5.60 Å². The first-order valence-corrected chi connectivity index (χ1v) is 11.2. The van der Waals surface area contributed by atoms with Crippen molar-refractivity contribution in [3.8, 4) is 11.1 Å². The molecular formula is C25H31N3O3. The van der Waals surface area contributed by atoms with Crippen molar-refractivity contribution in [2.75, 3.05) is 26.7 Å². The molecule has 4 rings (SSSR count). The van der Waals surface area contributed by atoms with Crippen LogP contribution in [0.3, 0.4) is 0 Å². The Bertz CT molecular complexity index is 911. The molecule has 0 unspecified atom stereocenters. The first-order chi connectivity index (χ1) is 15.1. The molecule has 0 spiro atoms. The fourth-order valence-electron chi connectivity index (χ4n) is 4.87. The van der Waals surface area contributed by atoms with Crippen LogP contribution >= 0.6 is 0 Å². The van der Waals surface area contributed by atoms with Crippen LogP contribution in [-0.2, 0) is 20.7 Å². The highest BCUT2D eigenvalue weighted by Crippen LogP contribution is 2.30. The van der Waals surface area contributed by atoms with E-state index in [4.69, 9.17) is 4.74 Å². The van der Waals surface area contributed by atoms with Gasteiger partial charge in [0.15, 0.2) is 5.60 Å². The second-order valence-electron chi connectivity index (χ2n) is 8.70. The van der Waals surface area contributed by atoms with Crippen LogP contribution in [0.4, 0.5) is 0 Å². The normalized spacial score (nSPS) is 21.8. The van der Waals surface area contributed by atoms with Crippen LogP contribution in [0.5, 0.6) is 0 Å². The molecule has 1 N–H and O–H groups in total. The second-order valence-corrected chi connectivity index (χ2v) is 8.70. The molecule has 6 heteroatoms. The predicted octanol–water partition coefficient (Wildman–Crippen LogP) is 3.22. The van der Waals surface area contributed by atoms with E-state index in [0.29, 0.717) is 31.9 Å². The molecular weight excluding hydrogens is 390 g/mol. The molecule has 2 amide bonds. The molecule has 1 aliphatic heterocycles. The Morgan fingerprint density at radius 3 is 2.68 bits per heavy atom. The molecule has 2 fully saturated rings. The van der Waals surface area contributed by atoms with Crippen molar-refractivity contribution in [2.45, 2.75) is 44.1 Å². The highest BCUT2D eigenvalue weighted by atomic mass is 16.5. The number of ether oxygens (including phenoxy) is 1. The van der Waals surface area contributed by atoms with Gasteiger partial charge >= 0.3 is 0 Å². The number of morpholine rings is 1. The van der Waals surface area contributed by atoms with Gasteiger partial charge in [-0.1, -0.05) is 37.1 Å². The first-order valence-electron chi connectivity index (χ1n) is 11.2. The molecule has 1 aliphatic carbocycles. The van der Waals surface area contributed by atoms with Crippen LogP contribution in [0.15, 0.2) is 48.8 Å². The summed E-state index contributed by atoms with van der Waals surface area (Å²) in [5.41, 5.74) is 2.07. The number of nitrogens with zero attached hydrogens (tertiary/aromatic N) is 2. The largest absolute Gasteiger partial charge is 0.361 e. The number of hydrogen-bond acceptors (Lipinski definition) is 4. The lowest BCUT2D eigenvalue weighted by molar-refractivity contribution is -0.166. The van der Waals surface area contributed by atoms with E-state index in [9.17, 15) is 9.59 Å². The Hall–Kier alpha value is -2.73. The molecule has 1 aromatic carbocycles. The van der Waals surface area contributed by atoms with Crippen molar-refractivity contribution in [3.05, 3.63) is 54.4 Å². The molecule has 164 valence electrons. The van der Waals surface area contributed by atoms with Crippen LogP contribution in [-0.4, -0.2) is 54.0 Å². The zero-order valence-corrected chi connectivity index (χ0v) is 18.2. The quantitative estimate of drug-likeness (QED) is 0.777. The minimum atomic E-state index is -1.07. The number of rotatable bonds is 6. The number of carbonyl (C=O) groups is 2. The monoisotopic (exact) mass is 421 g/mol. The van der Waals surface area contributed by atoms with E-state index in [-0.39, 0.29) is 18.4 Å². The lowest BCUT2D eigenvalue weighted by Crippen LogP contribution is -2.61. The summed E-state index contributed by atoms with van der Waals surface area (Å²) in [5.74, 6) is 0.455. The van der Waals surface area contributed by atoms with Crippen LogP contribution in [0.25, 0.3) is 11.1 Å². The Morgan fingerprint density at radius 1 is 1.16 bits per heavy atom. The number of nitrogens with one attached hydrogen (secondary N) is 1. The van der Waals surface area contributed by atoms with Gasteiger partial charge in [0.25, 0.3) is 5.91 Å². The van der Waals surface area contributed by atoms with Crippen LogP contribution in [0.2, 0.25) is 0 Å². The number of pyridine rings is 1. The predicted molar refractivity (Wildman–Crippen MR) is 119 cm³/mol. The third kappa shape index (κ3) is 4.96. The fraction of sp³-hybridized carbons (Fsp3) is 0.480. The zero-order chi connectivity index (χ0) is 21.7. The first kappa shape index (κ1) is 21.5. The minimum Gasteiger partial charge on any atom is -0.361 e. The maximum absolute atomic E-state index is 13.0. The standard InChI is InChI=1S/C25H31N3O3/c1-26-24(30)25(17-20-7-4-8-22(15-20)21-9-11-27-12-10-21)18-28(13-14-31-25)23(29)16-19-5-2-3-6-19/h4,7-12,15,19H,2-3,5-6,13-14,16-18H2,1H3,(H,26,30)/t25-/m1/s1. The van der Waals surface area contributed by atoms with Crippen LogP contribution in [0.1, 0.15) is 37.7 Å². The van der Waals surface area contributed by atoms with Gasteiger partial charge in [-0.3, -0.25) is 14.6 Å². The third-order valence-corrected chi connectivity index (χ3v) is 6.55. The van der Waals surface area contributed by atoms with Gasteiger partial charge in [-0.05, 0) is 47.6 Å². The summed E-state index contributed by atoms with van der Waals surface area (Å²) in [7, 11) is 1.63. The fourth-order valence-corrected chi connectivity index (χ4v) is 4.87. The Morgan fingerprint density at radius 2 is 1.94 bits per heavy atom. The summed E-state index contributed by atoms with van der Waals surface area (Å²) in [6, 6.07) is 12.1. The van der Waals surface area contributed by atoms with Gasteiger partial charge in [-0.15, -0.1) is 0 Å². The van der Waals surface area contributed by atoms with Crippen molar-refractivity contribution in [2.24, 2.45) is 5.92 Å². The van der Waals surface area contributed by atoms with Gasteiger partial charge in [0.2, 0.25) is 5.91 Å². The molecule has 6 nitrogen and oxygen atoms in total. The van der Waals surface area contributed by atoms with Crippen LogP contribution < -0.4 is 5.32 Å². The number of likely N-dealkylation sites (N-methyl/N-ethyl adjacent to an activating group) is 1. The van der Waals surface area contributed by atoms with Crippen molar-refractivity contribution in [1.82, 2.24) is 15.2 Å². The number of benzene rings is 1. The maximum atomic E-state index is 13.0. The molecule has 1 atom stereocenters. The minimum absolute atomic E-state index is 0.147. The van der Waals surface area contributed by atoms with E-state index in [1.807, 2.05) is 35.2 Å². The summed E-state index contributed by atoms with van der Waals surface area (Å²) in [4.78, 5) is 31.9. The average Bonchev–Trinajstić information content (AvgIpc) is 3.32. The summed E-state index contributed by atoms with van der Waals surface area (Å²) < 4.78 is 6.10. The van der Waals surface area contributed by atoms with E-state index in [2.05, 4.69) is 16.4 Å². The average molecular weight is 422 g/mol. The topological polar surface area (TPSA) is 71.5 Å². The van der Waals surface area contributed by atoms with E-state index in [1.165, 1.54) is 12.8 Å².